The highest BCUT2D eigenvalue weighted by molar-refractivity contribution is 14.1. The molecule has 0 aliphatic heterocycles. The molecule has 0 atom stereocenters. The topological polar surface area (TPSA) is 97.7 Å². The lowest BCUT2D eigenvalue weighted by molar-refractivity contribution is -0.145. The minimum absolute atomic E-state index is 0.0585. The zero-order chi connectivity index (χ0) is 22.8. The van der Waals surface area contributed by atoms with Gasteiger partial charge in [-0.15, -0.1) is 0 Å². The van der Waals surface area contributed by atoms with Gasteiger partial charge in [0, 0.05) is 5.69 Å². The van der Waals surface area contributed by atoms with Crippen molar-refractivity contribution in [1.29, 1.82) is 5.26 Å². The summed E-state index contributed by atoms with van der Waals surface area (Å²) in [6, 6.07) is 12.2. The van der Waals surface area contributed by atoms with Crippen LogP contribution in [0.4, 0.5) is 5.69 Å². The van der Waals surface area contributed by atoms with Crippen molar-refractivity contribution in [2.45, 2.75) is 13.8 Å². The first-order valence-corrected chi connectivity index (χ1v) is 11.2. The van der Waals surface area contributed by atoms with Gasteiger partial charge in [0.2, 0.25) is 0 Å². The summed E-state index contributed by atoms with van der Waals surface area (Å²) in [6.07, 6.45) is 1.48. The van der Waals surface area contributed by atoms with Crippen LogP contribution in [-0.2, 0) is 14.3 Å². The Bertz CT molecular complexity index is 993. The third-order valence-corrected chi connectivity index (χ3v) is 5.15. The predicted octanol–water partition coefficient (Wildman–Crippen LogP) is 4.94. The van der Waals surface area contributed by atoms with Crippen molar-refractivity contribution < 1.29 is 23.8 Å². The summed E-state index contributed by atoms with van der Waals surface area (Å²) in [5.74, 6) is 0.178. The molecule has 2 rings (SSSR count). The van der Waals surface area contributed by atoms with Crippen LogP contribution in [0.5, 0.6) is 11.5 Å². The number of halogens is 2. The molecule has 2 aromatic rings. The summed E-state index contributed by atoms with van der Waals surface area (Å²) < 4.78 is 17.0. The maximum atomic E-state index is 12.5. The average Bonchev–Trinajstić information content (AvgIpc) is 2.73. The first-order valence-electron chi connectivity index (χ1n) is 9.31. The van der Waals surface area contributed by atoms with Gasteiger partial charge in [-0.25, -0.2) is 4.79 Å². The molecular formula is C22H20BrIN2O5. The maximum Gasteiger partial charge on any atom is 0.344 e. The lowest BCUT2D eigenvalue weighted by Crippen LogP contribution is -2.15. The molecule has 0 saturated carbocycles. The molecule has 0 bridgehead atoms. The van der Waals surface area contributed by atoms with Gasteiger partial charge in [0.25, 0.3) is 5.91 Å². The molecule has 0 aliphatic carbocycles. The number of nitriles is 1. The first-order chi connectivity index (χ1) is 14.9. The van der Waals surface area contributed by atoms with E-state index >= 15 is 0 Å². The summed E-state index contributed by atoms with van der Waals surface area (Å²) in [5, 5.41) is 12.1. The number of amides is 1. The number of carbonyl (C=O) groups excluding carboxylic acids is 2. The van der Waals surface area contributed by atoms with Crippen LogP contribution in [0.25, 0.3) is 6.08 Å². The van der Waals surface area contributed by atoms with E-state index in [1.165, 1.54) is 6.08 Å². The Hall–Kier alpha value is -2.58. The summed E-state index contributed by atoms with van der Waals surface area (Å²) in [4.78, 5) is 24.0. The van der Waals surface area contributed by atoms with Gasteiger partial charge in [-0.2, -0.15) is 5.26 Å². The van der Waals surface area contributed by atoms with Crippen molar-refractivity contribution in [2.24, 2.45) is 0 Å². The quantitative estimate of drug-likeness (QED) is 0.190. The molecule has 162 valence electrons. The summed E-state index contributed by atoms with van der Waals surface area (Å²) in [5.41, 5.74) is 1.11. The fourth-order valence-electron chi connectivity index (χ4n) is 2.45. The zero-order valence-corrected chi connectivity index (χ0v) is 20.7. The largest absolute Gasteiger partial charge is 0.494 e. The van der Waals surface area contributed by atoms with Crippen LogP contribution >= 0.6 is 38.5 Å². The highest BCUT2D eigenvalue weighted by Crippen LogP contribution is 2.33. The molecule has 0 radical (unpaired) electrons. The minimum atomic E-state index is -0.527. The van der Waals surface area contributed by atoms with Gasteiger partial charge in [0.15, 0.2) is 6.61 Å². The van der Waals surface area contributed by atoms with Crippen molar-refractivity contribution >= 4 is 62.2 Å². The second kappa shape index (κ2) is 12.3. The first kappa shape index (κ1) is 24.7. The number of benzene rings is 2. The van der Waals surface area contributed by atoms with Crippen molar-refractivity contribution in [3.05, 3.63) is 55.6 Å². The van der Waals surface area contributed by atoms with Gasteiger partial charge >= 0.3 is 5.97 Å². The Morgan fingerprint density at radius 2 is 1.87 bits per heavy atom. The van der Waals surface area contributed by atoms with E-state index in [1.54, 1.807) is 43.3 Å². The van der Waals surface area contributed by atoms with Gasteiger partial charge in [-0.3, -0.25) is 4.79 Å². The Labute approximate surface area is 202 Å². The van der Waals surface area contributed by atoms with Crippen LogP contribution in [0.1, 0.15) is 19.4 Å². The number of hydrogen-bond acceptors (Lipinski definition) is 6. The zero-order valence-electron chi connectivity index (χ0n) is 16.9. The number of anilines is 1. The predicted molar refractivity (Wildman–Crippen MR) is 129 cm³/mol. The van der Waals surface area contributed by atoms with E-state index in [4.69, 9.17) is 14.2 Å². The minimum Gasteiger partial charge on any atom is -0.494 e. The smallest absolute Gasteiger partial charge is 0.344 e. The number of rotatable bonds is 9. The number of carbonyl (C=O) groups is 2. The van der Waals surface area contributed by atoms with Gasteiger partial charge in [-0.1, -0.05) is 0 Å². The number of nitrogens with one attached hydrogen (secondary N) is 1. The Morgan fingerprint density at radius 1 is 1.16 bits per heavy atom. The van der Waals surface area contributed by atoms with Crippen LogP contribution < -0.4 is 14.8 Å². The van der Waals surface area contributed by atoms with E-state index in [1.807, 2.05) is 13.0 Å². The highest BCUT2D eigenvalue weighted by Gasteiger charge is 2.14. The number of esters is 1. The molecule has 0 saturated heterocycles. The molecular weight excluding hydrogens is 579 g/mol. The number of hydrogen-bond donors (Lipinski definition) is 1. The normalized spacial score (nSPS) is 10.7. The molecule has 0 spiro atoms. The number of ether oxygens (including phenoxy) is 3. The summed E-state index contributed by atoms with van der Waals surface area (Å²) in [6.45, 7) is 4.22. The molecule has 0 aromatic heterocycles. The Balaban J connectivity index is 2.14. The van der Waals surface area contributed by atoms with Crippen molar-refractivity contribution in [3.8, 4) is 17.6 Å². The van der Waals surface area contributed by atoms with Gasteiger partial charge in [0.1, 0.15) is 23.1 Å². The van der Waals surface area contributed by atoms with Crippen LogP contribution in [0.2, 0.25) is 0 Å². The van der Waals surface area contributed by atoms with Crippen molar-refractivity contribution in [1.82, 2.24) is 0 Å². The van der Waals surface area contributed by atoms with Crippen molar-refractivity contribution in [2.75, 3.05) is 25.1 Å². The standard InChI is InChI=1S/C22H20BrIN2O5/c1-3-29-17-7-5-16(6-8-17)26-22(28)15(12-25)9-14-10-18(23)21(19(24)11-14)31-13-20(27)30-4-2/h5-11H,3-4,13H2,1-2H3,(H,26,28)/b15-9-. The molecule has 1 amide bonds. The molecule has 0 unspecified atom stereocenters. The van der Waals surface area contributed by atoms with E-state index in [0.29, 0.717) is 37.4 Å². The monoisotopic (exact) mass is 598 g/mol. The van der Waals surface area contributed by atoms with Gasteiger partial charge in [-0.05, 0) is 100 Å². The molecule has 31 heavy (non-hydrogen) atoms. The van der Waals surface area contributed by atoms with Gasteiger partial charge in [0.05, 0.1) is 21.3 Å². The van der Waals surface area contributed by atoms with Gasteiger partial charge < -0.3 is 19.5 Å². The molecule has 0 heterocycles. The number of nitrogens with zero attached hydrogens (tertiary/aromatic N) is 1. The Kier molecular flexibility index (Phi) is 9.81. The highest BCUT2D eigenvalue weighted by atomic mass is 127. The summed E-state index contributed by atoms with van der Waals surface area (Å²) in [7, 11) is 0. The average molecular weight is 599 g/mol. The summed E-state index contributed by atoms with van der Waals surface area (Å²) >= 11 is 5.46. The third kappa shape index (κ3) is 7.56. The molecule has 2 aromatic carbocycles. The second-order valence-corrected chi connectivity index (χ2v) is 8.01. The van der Waals surface area contributed by atoms with E-state index in [9.17, 15) is 14.9 Å². The van der Waals surface area contributed by atoms with E-state index < -0.39 is 11.9 Å². The van der Waals surface area contributed by atoms with Crippen molar-refractivity contribution in [3.63, 3.8) is 0 Å². The lowest BCUT2D eigenvalue weighted by atomic mass is 10.1. The lowest BCUT2D eigenvalue weighted by Gasteiger charge is -2.11. The fourth-order valence-corrected chi connectivity index (χ4v) is 4.22. The second-order valence-electron chi connectivity index (χ2n) is 5.99. The molecule has 0 fully saturated rings. The van der Waals surface area contributed by atoms with E-state index in [0.717, 1.165) is 0 Å². The molecule has 0 aliphatic rings. The molecule has 1 N–H and O–H groups in total. The SMILES string of the molecule is CCOC(=O)COc1c(Br)cc(/C=C(/C#N)C(=O)Nc2ccc(OCC)cc2)cc1I. The molecule has 7 nitrogen and oxygen atoms in total. The maximum absolute atomic E-state index is 12.5. The van der Waals surface area contributed by atoms with E-state index in [2.05, 4.69) is 43.8 Å². The third-order valence-electron chi connectivity index (χ3n) is 3.76. The Morgan fingerprint density at radius 3 is 2.45 bits per heavy atom. The van der Waals surface area contributed by atoms with E-state index in [-0.39, 0.29) is 18.8 Å². The van der Waals surface area contributed by atoms with Crippen LogP contribution in [0.15, 0.2) is 46.4 Å². The van der Waals surface area contributed by atoms with Crippen LogP contribution in [0, 0.1) is 14.9 Å². The van der Waals surface area contributed by atoms with Crippen LogP contribution in [-0.4, -0.2) is 31.7 Å². The fraction of sp³-hybridized carbons (Fsp3) is 0.227. The van der Waals surface area contributed by atoms with Crippen LogP contribution in [0.3, 0.4) is 0 Å². The molecule has 9 heteroatoms.